The number of aliphatic hydroxyl groups excluding tert-OH is 1. The third-order valence-corrected chi connectivity index (χ3v) is 3.97. The van der Waals surface area contributed by atoms with Crippen LogP contribution in [0.15, 0.2) is 24.3 Å². The molecule has 1 heteroatoms. The van der Waals surface area contributed by atoms with E-state index in [0.717, 1.165) is 19.3 Å². The van der Waals surface area contributed by atoms with Crippen LogP contribution in [-0.2, 0) is 12.8 Å². The number of hydrogen-bond acceptors (Lipinski definition) is 1. The molecule has 0 aliphatic carbocycles. The maximum atomic E-state index is 10.0. The summed E-state index contributed by atoms with van der Waals surface area (Å²) in [6, 6.07) is 8.91. The van der Waals surface area contributed by atoms with Crippen LogP contribution < -0.4 is 0 Å². The zero-order valence-electron chi connectivity index (χ0n) is 13.4. The van der Waals surface area contributed by atoms with E-state index in [0.29, 0.717) is 0 Å². The van der Waals surface area contributed by atoms with Crippen LogP contribution >= 0.6 is 0 Å². The highest BCUT2D eigenvalue weighted by molar-refractivity contribution is 5.22. The summed E-state index contributed by atoms with van der Waals surface area (Å²) >= 11 is 0. The molecule has 0 heterocycles. The highest BCUT2D eigenvalue weighted by Gasteiger charge is 2.04. The Bertz CT molecular complexity index is 328. The number of aliphatic hydroxyl groups is 1. The SMILES string of the molecule is CCCCCCC[C@@H](O)CCc1ccc(CCC)cc1. The molecule has 1 atom stereocenters. The summed E-state index contributed by atoms with van der Waals surface area (Å²) in [5, 5.41) is 10.0. The van der Waals surface area contributed by atoms with Gasteiger partial charge in [-0.2, -0.15) is 0 Å². The molecule has 1 aromatic carbocycles. The largest absolute Gasteiger partial charge is 0.393 e. The van der Waals surface area contributed by atoms with E-state index in [4.69, 9.17) is 0 Å². The van der Waals surface area contributed by atoms with Crippen molar-refractivity contribution in [2.75, 3.05) is 0 Å². The van der Waals surface area contributed by atoms with Crippen molar-refractivity contribution in [2.24, 2.45) is 0 Å². The van der Waals surface area contributed by atoms with Gasteiger partial charge in [0.2, 0.25) is 0 Å². The third kappa shape index (κ3) is 7.69. The van der Waals surface area contributed by atoms with Gasteiger partial charge in [0, 0.05) is 0 Å². The van der Waals surface area contributed by atoms with E-state index in [-0.39, 0.29) is 6.10 Å². The minimum Gasteiger partial charge on any atom is -0.393 e. The van der Waals surface area contributed by atoms with E-state index >= 15 is 0 Å². The second kappa shape index (κ2) is 10.9. The van der Waals surface area contributed by atoms with Gasteiger partial charge in [0.1, 0.15) is 0 Å². The summed E-state index contributed by atoms with van der Waals surface area (Å²) in [5.41, 5.74) is 2.78. The van der Waals surface area contributed by atoms with Gasteiger partial charge in [0.05, 0.1) is 6.10 Å². The molecule has 1 aromatic rings. The van der Waals surface area contributed by atoms with E-state index in [1.807, 2.05) is 0 Å². The lowest BCUT2D eigenvalue weighted by Crippen LogP contribution is -2.07. The predicted molar refractivity (Wildman–Crippen MR) is 88.1 cm³/mol. The summed E-state index contributed by atoms with van der Waals surface area (Å²) in [6.45, 7) is 4.45. The molecule has 0 fully saturated rings. The fraction of sp³-hybridized carbons (Fsp3) is 0.684. The van der Waals surface area contributed by atoms with Crippen molar-refractivity contribution in [3.05, 3.63) is 35.4 Å². The molecule has 0 radical (unpaired) electrons. The average Bonchev–Trinajstić information content (AvgIpc) is 2.47. The normalized spacial score (nSPS) is 12.6. The van der Waals surface area contributed by atoms with Gasteiger partial charge in [-0.3, -0.25) is 0 Å². The Labute approximate surface area is 125 Å². The summed E-state index contributed by atoms with van der Waals surface area (Å²) in [4.78, 5) is 0. The maximum Gasteiger partial charge on any atom is 0.0543 e. The number of benzene rings is 1. The Morgan fingerprint density at radius 2 is 1.35 bits per heavy atom. The molecule has 0 saturated carbocycles. The lowest BCUT2D eigenvalue weighted by Gasteiger charge is -2.10. The molecule has 20 heavy (non-hydrogen) atoms. The lowest BCUT2D eigenvalue weighted by molar-refractivity contribution is 0.151. The van der Waals surface area contributed by atoms with Crippen molar-refractivity contribution in [1.82, 2.24) is 0 Å². The van der Waals surface area contributed by atoms with Crippen LogP contribution in [0.5, 0.6) is 0 Å². The maximum absolute atomic E-state index is 10.0. The molecule has 114 valence electrons. The second-order valence-electron chi connectivity index (χ2n) is 5.96. The van der Waals surface area contributed by atoms with E-state index in [1.54, 1.807) is 0 Å². The fourth-order valence-electron chi connectivity index (χ4n) is 2.62. The van der Waals surface area contributed by atoms with Crippen molar-refractivity contribution in [2.45, 2.75) is 84.2 Å². The molecule has 0 saturated heterocycles. The van der Waals surface area contributed by atoms with Crippen LogP contribution in [0.25, 0.3) is 0 Å². The fourth-order valence-corrected chi connectivity index (χ4v) is 2.62. The quantitative estimate of drug-likeness (QED) is 0.544. The van der Waals surface area contributed by atoms with Crippen molar-refractivity contribution in [3.63, 3.8) is 0 Å². The Morgan fingerprint density at radius 1 is 0.750 bits per heavy atom. The second-order valence-corrected chi connectivity index (χ2v) is 5.96. The van der Waals surface area contributed by atoms with Crippen LogP contribution in [-0.4, -0.2) is 11.2 Å². The zero-order valence-corrected chi connectivity index (χ0v) is 13.4. The molecule has 1 rings (SSSR count). The molecule has 0 aromatic heterocycles. The highest BCUT2D eigenvalue weighted by atomic mass is 16.3. The van der Waals surface area contributed by atoms with Gasteiger partial charge in [-0.05, 0) is 36.8 Å². The number of aryl methyl sites for hydroxylation is 2. The van der Waals surface area contributed by atoms with Crippen molar-refractivity contribution >= 4 is 0 Å². The van der Waals surface area contributed by atoms with Gasteiger partial charge >= 0.3 is 0 Å². The molecule has 0 amide bonds. The molecule has 1 nitrogen and oxygen atoms in total. The zero-order chi connectivity index (χ0) is 14.6. The minimum atomic E-state index is -0.119. The molecule has 0 aliphatic rings. The van der Waals surface area contributed by atoms with E-state index in [1.165, 1.54) is 56.1 Å². The molecule has 0 aliphatic heterocycles. The van der Waals surface area contributed by atoms with Crippen LogP contribution in [0.1, 0.15) is 76.3 Å². The van der Waals surface area contributed by atoms with Crippen LogP contribution in [0.4, 0.5) is 0 Å². The standard InChI is InChI=1S/C19H32O/c1-3-5-6-7-8-10-19(20)16-15-18-13-11-17(9-4-2)12-14-18/h11-14,19-20H,3-10,15-16H2,1-2H3/t19-/m1/s1. The Balaban J connectivity index is 2.15. The van der Waals surface area contributed by atoms with Crippen LogP contribution in [0, 0.1) is 0 Å². The first-order chi connectivity index (χ1) is 9.76. The van der Waals surface area contributed by atoms with E-state index in [2.05, 4.69) is 38.1 Å². The van der Waals surface area contributed by atoms with Gasteiger partial charge in [0.15, 0.2) is 0 Å². The molecule has 0 spiro atoms. The van der Waals surface area contributed by atoms with Crippen LogP contribution in [0.2, 0.25) is 0 Å². The third-order valence-electron chi connectivity index (χ3n) is 3.97. The van der Waals surface area contributed by atoms with Crippen molar-refractivity contribution < 1.29 is 5.11 Å². The van der Waals surface area contributed by atoms with Gasteiger partial charge in [-0.15, -0.1) is 0 Å². The van der Waals surface area contributed by atoms with Crippen molar-refractivity contribution in [3.8, 4) is 0 Å². The lowest BCUT2D eigenvalue weighted by atomic mass is 10.0. The summed E-state index contributed by atoms with van der Waals surface area (Å²) in [6.07, 6.45) is 11.5. The number of rotatable bonds is 11. The minimum absolute atomic E-state index is 0.119. The van der Waals surface area contributed by atoms with Gasteiger partial charge in [-0.25, -0.2) is 0 Å². The highest BCUT2D eigenvalue weighted by Crippen LogP contribution is 2.13. The smallest absolute Gasteiger partial charge is 0.0543 e. The number of hydrogen-bond donors (Lipinski definition) is 1. The van der Waals surface area contributed by atoms with Gasteiger partial charge < -0.3 is 5.11 Å². The number of unbranched alkanes of at least 4 members (excludes halogenated alkanes) is 4. The molecular formula is C19H32O. The van der Waals surface area contributed by atoms with E-state index in [9.17, 15) is 5.11 Å². The summed E-state index contributed by atoms with van der Waals surface area (Å²) < 4.78 is 0. The van der Waals surface area contributed by atoms with E-state index < -0.39 is 0 Å². The van der Waals surface area contributed by atoms with Crippen molar-refractivity contribution in [1.29, 1.82) is 0 Å². The molecule has 0 bridgehead atoms. The average molecular weight is 276 g/mol. The Morgan fingerprint density at radius 3 is 1.95 bits per heavy atom. The topological polar surface area (TPSA) is 20.2 Å². The first-order valence-electron chi connectivity index (χ1n) is 8.52. The Hall–Kier alpha value is -0.820. The Kier molecular flexibility index (Phi) is 9.40. The monoisotopic (exact) mass is 276 g/mol. The first-order valence-corrected chi connectivity index (χ1v) is 8.52. The molecular weight excluding hydrogens is 244 g/mol. The summed E-state index contributed by atoms with van der Waals surface area (Å²) in [7, 11) is 0. The van der Waals surface area contributed by atoms with Gasteiger partial charge in [0.25, 0.3) is 0 Å². The molecule has 0 unspecified atom stereocenters. The molecule has 1 N–H and O–H groups in total. The first kappa shape index (κ1) is 17.2. The summed E-state index contributed by atoms with van der Waals surface area (Å²) in [5.74, 6) is 0. The van der Waals surface area contributed by atoms with Gasteiger partial charge in [-0.1, -0.05) is 76.6 Å². The predicted octanol–water partition coefficient (Wildman–Crippen LogP) is 5.29. The van der Waals surface area contributed by atoms with Crippen LogP contribution in [0.3, 0.4) is 0 Å².